The van der Waals surface area contributed by atoms with E-state index in [9.17, 15) is 15.0 Å². The van der Waals surface area contributed by atoms with E-state index in [1.807, 2.05) is 13.0 Å². The molecule has 102 valence electrons. The van der Waals surface area contributed by atoms with Crippen LogP contribution in [0.15, 0.2) is 34.6 Å². The van der Waals surface area contributed by atoms with Crippen LogP contribution in [-0.2, 0) is 9.53 Å². The lowest BCUT2D eigenvalue weighted by Crippen LogP contribution is -2.46. The summed E-state index contributed by atoms with van der Waals surface area (Å²) in [6.07, 6.45) is 2.53. The summed E-state index contributed by atoms with van der Waals surface area (Å²) in [4.78, 5) is 11.6. The third-order valence-electron chi connectivity index (χ3n) is 4.97. The van der Waals surface area contributed by atoms with Gasteiger partial charge < -0.3 is 14.9 Å². The van der Waals surface area contributed by atoms with E-state index in [1.165, 1.54) is 0 Å². The van der Waals surface area contributed by atoms with Crippen LogP contribution in [0.2, 0.25) is 0 Å². The molecule has 0 spiro atoms. The van der Waals surface area contributed by atoms with Gasteiger partial charge in [0.2, 0.25) is 0 Å². The van der Waals surface area contributed by atoms with Crippen molar-refractivity contribution in [2.75, 3.05) is 0 Å². The minimum atomic E-state index is -0.862. The van der Waals surface area contributed by atoms with Crippen molar-refractivity contribution in [1.82, 2.24) is 0 Å². The van der Waals surface area contributed by atoms with Gasteiger partial charge in [-0.1, -0.05) is 13.8 Å². The number of hydrogen-bond donors (Lipinski definition) is 2. The fourth-order valence-electron chi connectivity index (χ4n) is 3.28. The van der Waals surface area contributed by atoms with Crippen LogP contribution in [0.4, 0.5) is 0 Å². The maximum absolute atomic E-state index is 11.6. The monoisotopic (exact) mass is 262 g/mol. The number of fused-ring (bicyclic) bond motifs is 2. The van der Waals surface area contributed by atoms with E-state index in [2.05, 4.69) is 6.92 Å². The molecule has 4 nitrogen and oxygen atoms in total. The van der Waals surface area contributed by atoms with Crippen LogP contribution in [0.1, 0.15) is 27.2 Å². The average molecular weight is 262 g/mol. The van der Waals surface area contributed by atoms with Crippen molar-refractivity contribution in [3.63, 3.8) is 0 Å². The molecule has 1 aliphatic heterocycles. The zero-order valence-electron chi connectivity index (χ0n) is 11.3. The molecule has 0 saturated heterocycles. The van der Waals surface area contributed by atoms with Crippen LogP contribution in [0, 0.1) is 11.3 Å². The van der Waals surface area contributed by atoms with Gasteiger partial charge in [0.1, 0.15) is 5.76 Å². The largest absolute Gasteiger partial charge is 0.423 e. The van der Waals surface area contributed by atoms with Gasteiger partial charge in [0, 0.05) is 16.6 Å². The summed E-state index contributed by atoms with van der Waals surface area (Å²) in [7, 11) is 0. The van der Waals surface area contributed by atoms with Crippen LogP contribution >= 0.6 is 0 Å². The molecular formula is C15H18O4. The Morgan fingerprint density at radius 3 is 2.79 bits per heavy atom. The fourth-order valence-corrected chi connectivity index (χ4v) is 3.28. The van der Waals surface area contributed by atoms with Crippen LogP contribution in [0.3, 0.4) is 0 Å². The van der Waals surface area contributed by atoms with Crippen molar-refractivity contribution in [3.8, 4) is 0 Å². The summed E-state index contributed by atoms with van der Waals surface area (Å²) < 4.78 is 5.23. The second kappa shape index (κ2) is 3.81. The maximum Gasteiger partial charge on any atom is 0.339 e. The molecule has 19 heavy (non-hydrogen) atoms. The summed E-state index contributed by atoms with van der Waals surface area (Å²) >= 11 is 0. The van der Waals surface area contributed by atoms with E-state index in [-0.39, 0.29) is 17.3 Å². The molecule has 3 rings (SSSR count). The molecular weight excluding hydrogens is 244 g/mol. The molecule has 2 N–H and O–H groups in total. The van der Waals surface area contributed by atoms with Gasteiger partial charge in [0.15, 0.2) is 0 Å². The third-order valence-corrected chi connectivity index (χ3v) is 4.97. The van der Waals surface area contributed by atoms with E-state index in [1.54, 1.807) is 13.0 Å². The lowest BCUT2D eigenvalue weighted by atomic mass is 9.60. The Labute approximate surface area is 112 Å². The molecule has 0 fully saturated rings. The Kier molecular flexibility index (Phi) is 2.53. The van der Waals surface area contributed by atoms with E-state index in [4.69, 9.17) is 4.74 Å². The first-order chi connectivity index (χ1) is 8.84. The molecule has 4 atom stereocenters. The van der Waals surface area contributed by atoms with E-state index in [0.29, 0.717) is 17.8 Å². The smallest absolute Gasteiger partial charge is 0.339 e. The second-order valence-electron chi connectivity index (χ2n) is 5.99. The topological polar surface area (TPSA) is 66.8 Å². The fraction of sp³-hybridized carbons (Fsp3) is 0.533. The third kappa shape index (κ3) is 1.56. The number of aliphatic hydroxyl groups is 2. The van der Waals surface area contributed by atoms with Crippen LogP contribution < -0.4 is 0 Å². The summed E-state index contributed by atoms with van der Waals surface area (Å²) in [6, 6.07) is 0. The van der Waals surface area contributed by atoms with Gasteiger partial charge in [-0.15, -0.1) is 0 Å². The van der Waals surface area contributed by atoms with Gasteiger partial charge >= 0.3 is 5.97 Å². The van der Waals surface area contributed by atoms with Crippen molar-refractivity contribution in [2.45, 2.75) is 39.4 Å². The first-order valence-corrected chi connectivity index (χ1v) is 6.57. The van der Waals surface area contributed by atoms with Crippen molar-refractivity contribution in [3.05, 3.63) is 34.6 Å². The van der Waals surface area contributed by atoms with Gasteiger partial charge in [-0.3, -0.25) is 0 Å². The van der Waals surface area contributed by atoms with Gasteiger partial charge in [-0.2, -0.15) is 0 Å². The van der Waals surface area contributed by atoms with Crippen molar-refractivity contribution < 1.29 is 19.7 Å². The maximum atomic E-state index is 11.6. The molecule has 2 aliphatic carbocycles. The first kappa shape index (κ1) is 12.6. The lowest BCUT2D eigenvalue weighted by Gasteiger charge is -2.46. The molecule has 0 bridgehead atoms. The molecule has 0 saturated carbocycles. The van der Waals surface area contributed by atoms with Crippen molar-refractivity contribution >= 4 is 5.97 Å². The second-order valence-corrected chi connectivity index (χ2v) is 5.99. The van der Waals surface area contributed by atoms with Gasteiger partial charge in [0.05, 0.1) is 12.2 Å². The van der Waals surface area contributed by atoms with Crippen LogP contribution in [-0.4, -0.2) is 28.4 Å². The number of esters is 1. The highest BCUT2D eigenvalue weighted by Gasteiger charge is 2.48. The Balaban J connectivity index is 2.15. The summed E-state index contributed by atoms with van der Waals surface area (Å²) in [6.45, 7) is 5.78. The van der Waals surface area contributed by atoms with Crippen LogP contribution in [0.25, 0.3) is 0 Å². The van der Waals surface area contributed by atoms with E-state index < -0.39 is 12.2 Å². The highest BCUT2D eigenvalue weighted by Crippen LogP contribution is 2.53. The Morgan fingerprint density at radius 1 is 1.42 bits per heavy atom. The molecule has 0 amide bonds. The van der Waals surface area contributed by atoms with Gasteiger partial charge in [0.25, 0.3) is 0 Å². The summed E-state index contributed by atoms with van der Waals surface area (Å²) in [5.41, 5.74) is 2.26. The molecule has 1 heterocycles. The van der Waals surface area contributed by atoms with Crippen molar-refractivity contribution in [1.29, 1.82) is 0 Å². The predicted octanol–water partition coefficient (Wildman–Crippen LogP) is 1.45. The number of ether oxygens (including phenoxy) is 1. The van der Waals surface area contributed by atoms with Gasteiger partial charge in [-0.25, -0.2) is 4.79 Å². The first-order valence-electron chi connectivity index (χ1n) is 6.57. The minimum Gasteiger partial charge on any atom is -0.423 e. The number of aliphatic hydroxyl groups excluding tert-OH is 2. The van der Waals surface area contributed by atoms with Gasteiger partial charge in [-0.05, 0) is 37.0 Å². The quantitative estimate of drug-likeness (QED) is 0.648. The highest BCUT2D eigenvalue weighted by atomic mass is 16.5. The number of carbonyl (C=O) groups is 1. The molecule has 0 aromatic carbocycles. The Hall–Kier alpha value is -1.39. The molecule has 3 aliphatic rings. The van der Waals surface area contributed by atoms with Crippen molar-refractivity contribution in [2.24, 2.45) is 11.3 Å². The van der Waals surface area contributed by atoms with E-state index in [0.717, 1.165) is 11.1 Å². The summed E-state index contributed by atoms with van der Waals surface area (Å²) in [5.74, 6) is 0.219. The molecule has 0 aromatic heterocycles. The number of rotatable bonds is 0. The Morgan fingerprint density at radius 2 is 2.11 bits per heavy atom. The molecule has 0 radical (unpaired) electrons. The molecule has 0 aromatic rings. The number of hydrogen-bond acceptors (Lipinski definition) is 4. The number of carbonyl (C=O) groups excluding carboxylic acids is 1. The lowest BCUT2D eigenvalue weighted by molar-refractivity contribution is -0.133. The van der Waals surface area contributed by atoms with Crippen LogP contribution in [0.5, 0.6) is 0 Å². The highest BCUT2D eigenvalue weighted by molar-refractivity contribution is 5.94. The standard InChI is InChI=1S/C15H18O4/c1-7-10-6-15(3)8(2)13(17)11(16)4-9(15)5-12(10)19-14(7)18/h4-5,8,11,13,16-17H,6H2,1-3H3/t8-,11-,13-,15+/m0/s1. The predicted molar refractivity (Wildman–Crippen MR) is 68.9 cm³/mol. The SMILES string of the molecule is CC1=C2C[C@@]3(C)C(=C[C@H](O)[C@@H](O)[C@@H]3C)C=C2OC1=O. The summed E-state index contributed by atoms with van der Waals surface area (Å²) in [5, 5.41) is 19.9. The zero-order valence-corrected chi connectivity index (χ0v) is 11.3. The minimum absolute atomic E-state index is 0.0868. The Bertz CT molecular complexity index is 554. The normalized spacial score (nSPS) is 41.3. The molecule has 0 unspecified atom stereocenters. The zero-order chi connectivity index (χ0) is 13.9. The molecule has 4 heteroatoms. The average Bonchev–Trinajstić information content (AvgIpc) is 2.62. The number of allylic oxidation sites excluding steroid dienone is 3. The van der Waals surface area contributed by atoms with E-state index >= 15 is 0 Å².